The molecule has 0 aliphatic heterocycles. The lowest BCUT2D eigenvalue weighted by Gasteiger charge is -2.46. The monoisotopic (exact) mass is 1090 g/mol. The number of hydrogen-bond acceptors (Lipinski definition) is 6. The molecule has 6 aromatic rings. The number of carbonyl (C=O) groups is 3. The van der Waals surface area contributed by atoms with Gasteiger partial charge in [0.25, 0.3) is 0 Å². The molecule has 0 aliphatic rings. The number of benzene rings is 6. The quantitative estimate of drug-likeness (QED) is 0.0257. The van der Waals surface area contributed by atoms with Crippen LogP contribution >= 0.6 is 0 Å². The van der Waals surface area contributed by atoms with E-state index in [9.17, 15) is 40.7 Å². The molecule has 7 nitrogen and oxygen atoms in total. The van der Waals surface area contributed by atoms with E-state index in [-0.39, 0.29) is 69.6 Å². The highest BCUT2D eigenvalue weighted by atomic mass is 19.4. The number of Topliss-reactive ketones (excluding diaryl/α,β-unsaturated/α-hetero) is 2. The Balaban J connectivity index is 0.000000312. The van der Waals surface area contributed by atoms with Gasteiger partial charge in [-0.15, -0.1) is 0 Å². The van der Waals surface area contributed by atoms with Gasteiger partial charge in [-0.2, -0.15) is 26.3 Å². The van der Waals surface area contributed by atoms with Crippen molar-refractivity contribution < 1.29 is 40.7 Å². The van der Waals surface area contributed by atoms with Gasteiger partial charge in [-0.3, -0.25) is 19.4 Å². The third-order valence-corrected chi connectivity index (χ3v) is 14.5. The predicted octanol–water partition coefficient (Wildman–Crippen LogP) is 15.1. The van der Waals surface area contributed by atoms with Crippen LogP contribution in [0, 0.1) is 0 Å². The number of carbonyl (C=O) groups excluding carboxylic acids is 3. The fourth-order valence-electron chi connectivity index (χ4n) is 10.7. The number of amides is 1. The fourth-order valence-corrected chi connectivity index (χ4v) is 10.7. The molecule has 0 bridgehead atoms. The van der Waals surface area contributed by atoms with Gasteiger partial charge in [0, 0.05) is 32.5 Å². The summed E-state index contributed by atoms with van der Waals surface area (Å²) in [7, 11) is 0. The molecule has 0 unspecified atom stereocenters. The molecule has 6 rings (SSSR count). The third-order valence-electron chi connectivity index (χ3n) is 14.5. The summed E-state index contributed by atoms with van der Waals surface area (Å²) in [5.74, 6) is -3.86. The van der Waals surface area contributed by atoms with Crippen LogP contribution in [-0.4, -0.2) is 90.3 Å². The lowest BCUT2D eigenvalue weighted by atomic mass is 9.75. The summed E-state index contributed by atoms with van der Waals surface area (Å²) in [6.45, 7) is 6.63. The van der Waals surface area contributed by atoms with Gasteiger partial charge in [0.1, 0.15) is 5.78 Å². The van der Waals surface area contributed by atoms with Gasteiger partial charge in [-0.05, 0) is 118 Å². The molecule has 13 heteroatoms. The first-order chi connectivity index (χ1) is 38.1. The lowest BCUT2D eigenvalue weighted by Crippen LogP contribution is -2.50. The molecule has 424 valence electrons. The topological polar surface area (TPSA) is 87.0 Å². The normalized spacial score (nSPS) is 12.0. The number of nitrogens with zero attached hydrogens (tertiary/aromatic N) is 3. The zero-order valence-electron chi connectivity index (χ0n) is 46.1. The predicted molar refractivity (Wildman–Crippen MR) is 305 cm³/mol. The molecule has 0 spiro atoms. The van der Waals surface area contributed by atoms with E-state index in [4.69, 9.17) is 5.73 Å². The molecular weight excluding hydrogens is 1010 g/mol. The first-order valence-corrected chi connectivity index (χ1v) is 28.1. The molecule has 0 saturated carbocycles. The van der Waals surface area contributed by atoms with Crippen molar-refractivity contribution in [3.05, 3.63) is 215 Å². The average molecular weight is 1090 g/mol. The van der Waals surface area contributed by atoms with Crippen LogP contribution in [0.25, 0.3) is 0 Å². The fraction of sp³-hybridized carbons (Fsp3) is 0.409. The Kier molecular flexibility index (Phi) is 26.2. The van der Waals surface area contributed by atoms with Gasteiger partial charge in [-0.1, -0.05) is 215 Å². The lowest BCUT2D eigenvalue weighted by molar-refractivity contribution is -0.185. The molecule has 0 saturated heterocycles. The van der Waals surface area contributed by atoms with Crippen molar-refractivity contribution in [1.82, 2.24) is 14.7 Å². The van der Waals surface area contributed by atoms with Gasteiger partial charge in [0.15, 0.2) is 0 Å². The minimum Gasteiger partial charge on any atom is -0.335 e. The Bertz CT molecular complexity index is 2450. The number of ketones is 2. The van der Waals surface area contributed by atoms with Gasteiger partial charge in [0.2, 0.25) is 5.78 Å². The molecule has 0 radical (unpaired) electrons. The van der Waals surface area contributed by atoms with Crippen molar-refractivity contribution in [2.75, 3.05) is 45.8 Å². The average Bonchev–Trinajstić information content (AvgIpc) is 3.59. The Morgan fingerprint density at radius 2 is 0.684 bits per heavy atom. The van der Waals surface area contributed by atoms with Crippen LogP contribution in [0.5, 0.6) is 0 Å². The van der Waals surface area contributed by atoms with E-state index in [1.165, 1.54) is 62.1 Å². The summed E-state index contributed by atoms with van der Waals surface area (Å²) >= 11 is 0. The molecule has 2 N–H and O–H groups in total. The van der Waals surface area contributed by atoms with Crippen LogP contribution in [0.15, 0.2) is 182 Å². The number of hydrogen-bond donors (Lipinski definition) is 1. The van der Waals surface area contributed by atoms with Gasteiger partial charge < -0.3 is 15.4 Å². The number of unbranched alkanes of at least 4 members (excludes halogenated alkanes) is 7. The van der Waals surface area contributed by atoms with E-state index in [0.717, 1.165) is 47.6 Å². The van der Waals surface area contributed by atoms with Crippen molar-refractivity contribution in [3.8, 4) is 0 Å². The van der Waals surface area contributed by atoms with Crippen molar-refractivity contribution in [2.24, 2.45) is 5.73 Å². The maximum absolute atomic E-state index is 13.6. The summed E-state index contributed by atoms with van der Waals surface area (Å²) in [6, 6.07) is 61.6. The molecule has 0 atom stereocenters. The van der Waals surface area contributed by atoms with Crippen molar-refractivity contribution in [3.63, 3.8) is 0 Å². The maximum Gasteiger partial charge on any atom is 0.471 e. The second-order valence-corrected chi connectivity index (χ2v) is 20.2. The van der Waals surface area contributed by atoms with Crippen LogP contribution < -0.4 is 5.73 Å². The Hall–Kier alpha value is -6.41. The van der Waals surface area contributed by atoms with Crippen molar-refractivity contribution in [2.45, 2.75) is 127 Å². The van der Waals surface area contributed by atoms with Crippen LogP contribution in [-0.2, 0) is 25.5 Å². The van der Waals surface area contributed by atoms with E-state index in [2.05, 4.69) is 103 Å². The minimum atomic E-state index is -5.08. The Labute approximate surface area is 465 Å². The van der Waals surface area contributed by atoms with Crippen LogP contribution in [0.4, 0.5) is 26.3 Å². The second-order valence-electron chi connectivity index (χ2n) is 20.2. The number of rotatable bonds is 32. The summed E-state index contributed by atoms with van der Waals surface area (Å²) in [4.78, 5) is 40.9. The summed E-state index contributed by atoms with van der Waals surface area (Å²) in [6.07, 6.45) is -1.13. The minimum absolute atomic E-state index is 0.0435. The highest BCUT2D eigenvalue weighted by molar-refractivity contribution is 5.84. The zero-order valence-corrected chi connectivity index (χ0v) is 46.1. The molecular formula is C66H80F6N4O3. The van der Waals surface area contributed by atoms with Crippen molar-refractivity contribution >= 4 is 17.5 Å². The highest BCUT2D eigenvalue weighted by Gasteiger charge is 2.45. The first kappa shape index (κ1) is 63.4. The first-order valence-electron chi connectivity index (χ1n) is 28.1. The van der Waals surface area contributed by atoms with Gasteiger partial charge in [-0.25, -0.2) is 0 Å². The smallest absolute Gasteiger partial charge is 0.335 e. The molecule has 79 heavy (non-hydrogen) atoms. The van der Waals surface area contributed by atoms with Crippen LogP contribution in [0.3, 0.4) is 0 Å². The van der Waals surface area contributed by atoms with Gasteiger partial charge >= 0.3 is 18.3 Å². The number of halogens is 6. The number of alkyl halides is 6. The third kappa shape index (κ3) is 18.3. The van der Waals surface area contributed by atoms with E-state index < -0.39 is 36.0 Å². The highest BCUT2D eigenvalue weighted by Crippen LogP contribution is 2.44. The van der Waals surface area contributed by atoms with E-state index in [0.29, 0.717) is 6.42 Å². The summed E-state index contributed by atoms with van der Waals surface area (Å²) in [5.41, 5.74) is 10.9. The Morgan fingerprint density at radius 3 is 1.03 bits per heavy atom. The largest absolute Gasteiger partial charge is 0.471 e. The second kappa shape index (κ2) is 32.6. The van der Waals surface area contributed by atoms with E-state index in [1.807, 2.05) is 95.9 Å². The molecule has 0 aliphatic carbocycles. The van der Waals surface area contributed by atoms with E-state index in [1.54, 1.807) is 0 Å². The van der Waals surface area contributed by atoms with Crippen molar-refractivity contribution in [1.29, 1.82) is 0 Å². The van der Waals surface area contributed by atoms with E-state index >= 15 is 0 Å². The zero-order chi connectivity index (χ0) is 57.0. The maximum atomic E-state index is 13.6. The Morgan fingerprint density at radius 1 is 0.380 bits per heavy atom. The molecule has 1 amide bonds. The standard InChI is InChI=1S/C36H40F6N2O3.C30H40N2/c1-28(45)16-11-13-24-43(33(47)36(40,41)42)25-15-27-44(26-14-12-23-32(46)35(37,38)39)34(29-17-5-2-6-18-29,30-19-7-3-8-20-30)31-21-9-4-10-22-31;1-2-3-25-32(26-17-6-4-5-16-24-31)30(27-18-10-7-11-19-27,28-20-12-8-13-21-28)29-22-14-9-15-23-29/h2-10,17-22H,11-16,23-27H2,1H3;7-15,18-23H,2-6,16-17,24-26,31H2,1H3. The van der Waals surface area contributed by atoms with Gasteiger partial charge in [0.05, 0.1) is 11.1 Å². The molecule has 6 aromatic carbocycles. The summed E-state index contributed by atoms with van der Waals surface area (Å²) in [5, 5.41) is 0. The summed E-state index contributed by atoms with van der Waals surface area (Å²) < 4.78 is 79.5. The number of nitrogens with two attached hydrogens (primary N) is 1. The molecule has 0 heterocycles. The molecule has 0 aromatic heterocycles. The SMILES string of the molecule is CC(=O)CCCCN(CCCN(CCCCC(=O)C(F)(F)F)C(c1ccccc1)(c1ccccc1)c1ccccc1)C(=O)C(F)(F)F.CCCCN(CCCCCCCN)C(c1ccccc1)(c1ccccc1)c1ccccc1. The molecule has 0 fully saturated rings. The van der Waals surface area contributed by atoms with Crippen LogP contribution in [0.1, 0.15) is 137 Å². The van der Waals surface area contributed by atoms with Crippen LogP contribution in [0.2, 0.25) is 0 Å².